The van der Waals surface area contributed by atoms with Crippen molar-refractivity contribution < 1.29 is 19.5 Å². The van der Waals surface area contributed by atoms with Crippen LogP contribution in [0.25, 0.3) is 0 Å². The van der Waals surface area contributed by atoms with Crippen molar-refractivity contribution in [3.8, 4) is 0 Å². The van der Waals surface area contributed by atoms with E-state index in [2.05, 4.69) is 10.6 Å². The average molecular weight is 300 g/mol. The van der Waals surface area contributed by atoms with Crippen molar-refractivity contribution >= 4 is 17.8 Å². The molecule has 0 aromatic carbocycles. The summed E-state index contributed by atoms with van der Waals surface area (Å²) in [6, 6.07) is 0. The predicted molar refractivity (Wildman–Crippen MR) is 80.8 cm³/mol. The fraction of sp³-hybridized carbons (Fsp3) is 0.800. The van der Waals surface area contributed by atoms with Crippen LogP contribution in [-0.2, 0) is 14.4 Å². The first-order chi connectivity index (χ1) is 9.56. The Kier molecular flexibility index (Phi) is 7.39. The van der Waals surface area contributed by atoms with Crippen LogP contribution in [0.3, 0.4) is 0 Å². The van der Waals surface area contributed by atoms with Crippen molar-refractivity contribution in [3.05, 3.63) is 0 Å². The molecule has 0 aliphatic rings. The Morgan fingerprint density at radius 3 is 1.90 bits per heavy atom. The molecule has 0 bridgehead atoms. The lowest BCUT2D eigenvalue weighted by atomic mass is 9.79. The van der Waals surface area contributed by atoms with Crippen molar-refractivity contribution in [2.45, 2.75) is 65.8 Å². The highest BCUT2D eigenvalue weighted by Crippen LogP contribution is 2.30. The number of rotatable bonds is 8. The Morgan fingerprint density at radius 2 is 1.52 bits per heavy atom. The zero-order valence-electron chi connectivity index (χ0n) is 13.7. The second kappa shape index (κ2) is 8.00. The van der Waals surface area contributed by atoms with E-state index in [1.807, 2.05) is 20.8 Å². The number of carbonyl (C=O) groups is 3. The average Bonchev–Trinajstić information content (AvgIpc) is 2.33. The van der Waals surface area contributed by atoms with Crippen molar-refractivity contribution in [1.29, 1.82) is 0 Å². The third-order valence-corrected chi connectivity index (χ3v) is 3.49. The molecule has 2 amide bonds. The summed E-state index contributed by atoms with van der Waals surface area (Å²) in [5, 5.41) is 14.7. The number of aliphatic carboxylic acids is 1. The molecule has 0 atom stereocenters. The largest absolute Gasteiger partial charge is 0.481 e. The van der Waals surface area contributed by atoms with E-state index in [1.54, 1.807) is 13.8 Å². The van der Waals surface area contributed by atoms with E-state index in [0.717, 1.165) is 0 Å². The van der Waals surface area contributed by atoms with Gasteiger partial charge < -0.3 is 15.7 Å². The molecular formula is C15H28N2O4. The van der Waals surface area contributed by atoms with Gasteiger partial charge in [0.05, 0.1) is 5.41 Å². The summed E-state index contributed by atoms with van der Waals surface area (Å²) in [5.41, 5.74) is -1.32. The van der Waals surface area contributed by atoms with Crippen LogP contribution in [0, 0.1) is 5.41 Å². The van der Waals surface area contributed by atoms with Crippen molar-refractivity contribution in [2.75, 3.05) is 6.54 Å². The quantitative estimate of drug-likeness (QED) is 0.635. The molecule has 0 aromatic heterocycles. The lowest BCUT2D eigenvalue weighted by Crippen LogP contribution is -2.42. The smallest absolute Gasteiger partial charge is 0.310 e. The maximum absolute atomic E-state index is 11.8. The Hall–Kier alpha value is -1.59. The topological polar surface area (TPSA) is 95.5 Å². The van der Waals surface area contributed by atoms with Crippen molar-refractivity contribution in [1.82, 2.24) is 10.6 Å². The van der Waals surface area contributed by atoms with Crippen LogP contribution < -0.4 is 10.6 Å². The first-order valence-corrected chi connectivity index (χ1v) is 7.37. The molecule has 0 spiro atoms. The Balaban J connectivity index is 4.28. The SMILES string of the molecule is CCC(CC)(CC(=O)NCCC(=O)NC(C)(C)C)C(=O)O. The normalized spacial score (nSPS) is 11.9. The molecule has 122 valence electrons. The molecule has 3 N–H and O–H groups in total. The molecule has 0 saturated heterocycles. The molecule has 0 aliphatic heterocycles. The molecule has 0 heterocycles. The molecule has 0 radical (unpaired) electrons. The summed E-state index contributed by atoms with van der Waals surface area (Å²) in [5.74, 6) is -1.42. The van der Waals surface area contributed by atoms with Gasteiger partial charge in [0.2, 0.25) is 11.8 Å². The van der Waals surface area contributed by atoms with E-state index >= 15 is 0 Å². The van der Waals surface area contributed by atoms with Gasteiger partial charge in [-0.1, -0.05) is 13.8 Å². The van der Waals surface area contributed by atoms with Gasteiger partial charge in [-0.15, -0.1) is 0 Å². The number of hydrogen-bond donors (Lipinski definition) is 3. The van der Waals surface area contributed by atoms with Crippen LogP contribution in [0.5, 0.6) is 0 Å². The highest BCUT2D eigenvalue weighted by molar-refractivity contribution is 5.85. The number of nitrogens with one attached hydrogen (secondary N) is 2. The van der Waals surface area contributed by atoms with Crippen LogP contribution in [-0.4, -0.2) is 35.0 Å². The van der Waals surface area contributed by atoms with Gasteiger partial charge in [-0.25, -0.2) is 0 Å². The van der Waals surface area contributed by atoms with Gasteiger partial charge in [0.25, 0.3) is 0 Å². The van der Waals surface area contributed by atoms with Gasteiger partial charge >= 0.3 is 5.97 Å². The molecule has 0 unspecified atom stereocenters. The van der Waals surface area contributed by atoms with Gasteiger partial charge in [0.1, 0.15) is 0 Å². The summed E-state index contributed by atoms with van der Waals surface area (Å²) < 4.78 is 0. The molecule has 0 aromatic rings. The van der Waals surface area contributed by atoms with E-state index in [1.165, 1.54) is 0 Å². The van der Waals surface area contributed by atoms with Crippen molar-refractivity contribution in [2.24, 2.45) is 5.41 Å². The minimum atomic E-state index is -1.02. The Morgan fingerprint density at radius 1 is 1.00 bits per heavy atom. The number of carboxylic acid groups (broad SMARTS) is 1. The fourth-order valence-corrected chi connectivity index (χ4v) is 2.04. The lowest BCUT2D eigenvalue weighted by molar-refractivity contribution is -0.152. The third-order valence-electron chi connectivity index (χ3n) is 3.49. The van der Waals surface area contributed by atoms with E-state index in [4.69, 9.17) is 0 Å². The summed E-state index contributed by atoms with van der Waals surface area (Å²) in [7, 11) is 0. The minimum absolute atomic E-state index is 0.0593. The Bertz CT molecular complexity index is 382. The molecule has 6 heteroatoms. The number of carboxylic acids is 1. The lowest BCUT2D eigenvalue weighted by Gasteiger charge is -2.26. The van der Waals surface area contributed by atoms with E-state index in [9.17, 15) is 19.5 Å². The Labute approximate surface area is 126 Å². The molecule has 21 heavy (non-hydrogen) atoms. The monoisotopic (exact) mass is 300 g/mol. The number of carbonyl (C=O) groups excluding carboxylic acids is 2. The second-order valence-corrected chi connectivity index (χ2v) is 6.37. The van der Waals surface area contributed by atoms with E-state index in [0.29, 0.717) is 12.8 Å². The molecule has 0 saturated carbocycles. The highest BCUT2D eigenvalue weighted by Gasteiger charge is 2.37. The van der Waals surface area contributed by atoms with Gasteiger partial charge in [-0.3, -0.25) is 14.4 Å². The maximum Gasteiger partial charge on any atom is 0.310 e. The van der Waals surface area contributed by atoms with Gasteiger partial charge in [0, 0.05) is 24.9 Å². The summed E-state index contributed by atoms with van der Waals surface area (Å²) >= 11 is 0. The van der Waals surface area contributed by atoms with Gasteiger partial charge in [0.15, 0.2) is 0 Å². The maximum atomic E-state index is 11.8. The molecule has 6 nitrogen and oxygen atoms in total. The summed E-state index contributed by atoms with van der Waals surface area (Å²) in [4.78, 5) is 34.7. The fourth-order valence-electron chi connectivity index (χ4n) is 2.04. The van der Waals surface area contributed by atoms with Gasteiger partial charge in [-0.2, -0.15) is 0 Å². The van der Waals surface area contributed by atoms with Crippen LogP contribution in [0.2, 0.25) is 0 Å². The zero-order valence-corrected chi connectivity index (χ0v) is 13.7. The van der Waals surface area contributed by atoms with E-state index < -0.39 is 11.4 Å². The predicted octanol–water partition coefficient (Wildman–Crippen LogP) is 1.69. The third kappa shape index (κ3) is 7.11. The molecule has 0 aliphatic carbocycles. The molecular weight excluding hydrogens is 272 g/mol. The summed E-state index contributed by atoms with van der Waals surface area (Å²) in [6.45, 7) is 9.39. The zero-order chi connectivity index (χ0) is 16.7. The first kappa shape index (κ1) is 19.4. The molecule has 0 rings (SSSR count). The van der Waals surface area contributed by atoms with Crippen LogP contribution in [0.15, 0.2) is 0 Å². The standard InChI is InChI=1S/C15H28N2O4/c1-6-15(7-2,13(20)21)10-12(19)16-9-8-11(18)17-14(3,4)5/h6-10H2,1-5H3,(H,16,19)(H,17,18)(H,20,21). The molecule has 0 fully saturated rings. The number of hydrogen-bond acceptors (Lipinski definition) is 3. The van der Waals surface area contributed by atoms with Crippen LogP contribution >= 0.6 is 0 Å². The van der Waals surface area contributed by atoms with Gasteiger partial charge in [-0.05, 0) is 33.6 Å². The summed E-state index contributed by atoms with van der Waals surface area (Å²) in [6.07, 6.45) is 0.922. The van der Waals surface area contributed by atoms with Crippen molar-refractivity contribution in [3.63, 3.8) is 0 Å². The number of amides is 2. The second-order valence-electron chi connectivity index (χ2n) is 6.37. The highest BCUT2D eigenvalue weighted by atomic mass is 16.4. The van der Waals surface area contributed by atoms with Crippen LogP contribution in [0.1, 0.15) is 60.3 Å². The minimum Gasteiger partial charge on any atom is -0.481 e. The van der Waals surface area contributed by atoms with E-state index in [-0.39, 0.29) is 36.7 Å². The van der Waals surface area contributed by atoms with Crippen LogP contribution in [0.4, 0.5) is 0 Å². The first-order valence-electron chi connectivity index (χ1n) is 7.37.